The van der Waals surface area contributed by atoms with E-state index in [-0.39, 0.29) is 6.03 Å². The molecule has 1 aliphatic heterocycles. The van der Waals surface area contributed by atoms with E-state index >= 15 is 0 Å². The highest BCUT2D eigenvalue weighted by atomic mass is 16.2. The minimum atomic E-state index is -0.988. The molecule has 0 aliphatic carbocycles. The monoisotopic (exact) mass is 218 g/mol. The van der Waals surface area contributed by atoms with Crippen LogP contribution in [0.2, 0.25) is 0 Å². The van der Waals surface area contributed by atoms with Gasteiger partial charge in [-0.2, -0.15) is 0 Å². The van der Waals surface area contributed by atoms with Gasteiger partial charge < -0.3 is 10.6 Å². The maximum Gasteiger partial charge on any atom is 0.321 e. The van der Waals surface area contributed by atoms with Gasteiger partial charge in [0.25, 0.3) is 0 Å². The third kappa shape index (κ3) is 2.59. The van der Waals surface area contributed by atoms with Crippen molar-refractivity contribution in [2.45, 2.75) is 12.3 Å². The highest BCUT2D eigenvalue weighted by Crippen LogP contribution is 2.02. The van der Waals surface area contributed by atoms with Gasteiger partial charge >= 0.3 is 6.03 Å². The zero-order valence-corrected chi connectivity index (χ0v) is 8.73. The lowest BCUT2D eigenvalue weighted by atomic mass is 10.2. The predicted molar refractivity (Wildman–Crippen MR) is 61.0 cm³/mol. The average molecular weight is 218 g/mol. The van der Waals surface area contributed by atoms with E-state index in [4.69, 9.17) is 5.73 Å². The number of carbonyl (C=O) groups is 1. The van der Waals surface area contributed by atoms with Crippen LogP contribution in [0.25, 0.3) is 0 Å². The number of urea groups is 1. The lowest BCUT2D eigenvalue weighted by molar-refractivity contribution is 0.224. The van der Waals surface area contributed by atoms with Gasteiger partial charge in [-0.15, -0.1) is 0 Å². The molecule has 0 aromatic heterocycles. The first kappa shape index (κ1) is 10.7. The highest BCUT2D eigenvalue weighted by molar-refractivity contribution is 5.77. The first-order chi connectivity index (χ1) is 7.68. The van der Waals surface area contributed by atoms with Crippen LogP contribution in [-0.4, -0.2) is 11.8 Å². The molecule has 0 fully saturated rings. The van der Waals surface area contributed by atoms with Crippen LogP contribution in [0.4, 0.5) is 4.79 Å². The number of carbonyl (C=O) groups excluding carboxylic acids is 1. The van der Waals surface area contributed by atoms with Crippen molar-refractivity contribution >= 4 is 6.03 Å². The van der Waals surface area contributed by atoms with Crippen molar-refractivity contribution in [3.05, 3.63) is 48.2 Å². The second kappa shape index (κ2) is 4.34. The fraction of sp³-hybridized carbons (Fsp3) is 0.182. The van der Waals surface area contributed by atoms with E-state index in [9.17, 15) is 4.79 Å². The summed E-state index contributed by atoms with van der Waals surface area (Å²) in [6.45, 7) is 0.585. The van der Waals surface area contributed by atoms with E-state index in [2.05, 4.69) is 16.0 Å². The van der Waals surface area contributed by atoms with Crippen molar-refractivity contribution in [1.29, 1.82) is 0 Å². The molecule has 2 rings (SSSR count). The van der Waals surface area contributed by atoms with Gasteiger partial charge in [0, 0.05) is 12.7 Å². The smallest absolute Gasteiger partial charge is 0.315 e. The van der Waals surface area contributed by atoms with E-state index in [1.165, 1.54) is 6.20 Å². The molecular weight excluding hydrogens is 204 g/mol. The van der Waals surface area contributed by atoms with Crippen LogP contribution < -0.4 is 21.7 Å². The molecule has 1 unspecified atom stereocenters. The van der Waals surface area contributed by atoms with Gasteiger partial charge in [-0.1, -0.05) is 30.3 Å². The molecule has 0 saturated carbocycles. The zero-order valence-electron chi connectivity index (χ0n) is 8.73. The van der Waals surface area contributed by atoms with Crippen LogP contribution in [0.3, 0.4) is 0 Å². The Bertz CT molecular complexity index is 404. The molecule has 1 atom stereocenters. The van der Waals surface area contributed by atoms with Crippen LogP contribution in [0.5, 0.6) is 0 Å². The molecule has 0 saturated heterocycles. The first-order valence-corrected chi connectivity index (χ1v) is 5.02. The lowest BCUT2D eigenvalue weighted by Gasteiger charge is -2.31. The first-order valence-electron chi connectivity index (χ1n) is 5.02. The Hall–Kier alpha value is -1.85. The van der Waals surface area contributed by atoms with Crippen LogP contribution >= 0.6 is 0 Å². The Morgan fingerprint density at radius 1 is 1.31 bits per heavy atom. The van der Waals surface area contributed by atoms with E-state index in [0.29, 0.717) is 6.54 Å². The third-order valence-corrected chi connectivity index (χ3v) is 2.31. The quantitative estimate of drug-likeness (QED) is 0.548. The minimum absolute atomic E-state index is 0.314. The van der Waals surface area contributed by atoms with Gasteiger partial charge in [0.05, 0.1) is 0 Å². The summed E-state index contributed by atoms with van der Waals surface area (Å²) >= 11 is 0. The summed E-state index contributed by atoms with van der Waals surface area (Å²) in [6.07, 6.45) is 3.19. The lowest BCUT2D eigenvalue weighted by Crippen LogP contribution is -2.67. The molecule has 0 bridgehead atoms. The molecule has 1 aromatic rings. The molecule has 1 aliphatic rings. The van der Waals surface area contributed by atoms with E-state index in [1.54, 1.807) is 6.08 Å². The Labute approximate surface area is 93.7 Å². The van der Waals surface area contributed by atoms with Gasteiger partial charge in [-0.05, 0) is 11.6 Å². The third-order valence-electron chi connectivity index (χ3n) is 2.31. The van der Waals surface area contributed by atoms with E-state index in [0.717, 1.165) is 5.56 Å². The molecule has 0 radical (unpaired) electrons. The highest BCUT2D eigenvalue weighted by Gasteiger charge is 2.25. The average Bonchev–Trinajstić information content (AvgIpc) is 2.28. The van der Waals surface area contributed by atoms with Crippen molar-refractivity contribution in [2.24, 2.45) is 5.73 Å². The number of hydrogen-bond acceptors (Lipinski definition) is 3. The predicted octanol–water partition coefficient (Wildman–Crippen LogP) is 0.215. The maximum atomic E-state index is 11.1. The summed E-state index contributed by atoms with van der Waals surface area (Å²) in [5.74, 6) is -0.988. The standard InChI is InChI=1S/C11H14N4O/c12-11(6-7-13-10(16)15-11)14-8-9-4-2-1-3-5-9/h1-7,14H,8,12H2,(H2,13,15,16). The second-order valence-corrected chi connectivity index (χ2v) is 3.64. The van der Waals surface area contributed by atoms with E-state index in [1.807, 2.05) is 30.3 Å². The molecule has 0 spiro atoms. The topological polar surface area (TPSA) is 79.2 Å². The number of amides is 2. The van der Waals surface area contributed by atoms with E-state index < -0.39 is 5.79 Å². The Balaban J connectivity index is 1.97. The van der Waals surface area contributed by atoms with Gasteiger partial charge in [-0.3, -0.25) is 11.1 Å². The molecule has 5 nitrogen and oxygen atoms in total. The van der Waals surface area contributed by atoms with Crippen molar-refractivity contribution in [1.82, 2.24) is 16.0 Å². The fourth-order valence-corrected chi connectivity index (χ4v) is 1.46. The summed E-state index contributed by atoms with van der Waals surface area (Å²) < 4.78 is 0. The number of nitrogens with one attached hydrogen (secondary N) is 3. The summed E-state index contributed by atoms with van der Waals surface area (Å²) in [6, 6.07) is 9.53. The molecule has 16 heavy (non-hydrogen) atoms. The van der Waals surface area contributed by atoms with Crippen LogP contribution in [0.1, 0.15) is 5.56 Å². The van der Waals surface area contributed by atoms with Gasteiger partial charge in [0.15, 0.2) is 5.79 Å². The second-order valence-electron chi connectivity index (χ2n) is 3.64. The van der Waals surface area contributed by atoms with Gasteiger partial charge in [0.1, 0.15) is 0 Å². The molecule has 1 aromatic carbocycles. The summed E-state index contributed by atoms with van der Waals surface area (Å²) in [4.78, 5) is 11.1. The maximum absolute atomic E-state index is 11.1. The summed E-state index contributed by atoms with van der Waals surface area (Å²) in [7, 11) is 0. The number of rotatable bonds is 3. The van der Waals surface area contributed by atoms with Gasteiger partial charge in [-0.25, -0.2) is 4.79 Å². The Morgan fingerprint density at radius 3 is 2.75 bits per heavy atom. The molecule has 2 amide bonds. The number of hydrogen-bond donors (Lipinski definition) is 4. The zero-order chi connectivity index (χ0) is 11.4. The SMILES string of the molecule is NC1(NCc2ccccc2)C=CNC(=O)N1. The van der Waals surface area contributed by atoms with Crippen LogP contribution in [0.15, 0.2) is 42.6 Å². The molecule has 5 N–H and O–H groups in total. The van der Waals surface area contributed by atoms with Crippen molar-refractivity contribution in [3.63, 3.8) is 0 Å². The van der Waals surface area contributed by atoms with Crippen LogP contribution in [0, 0.1) is 0 Å². The Morgan fingerprint density at radius 2 is 2.06 bits per heavy atom. The fourth-order valence-electron chi connectivity index (χ4n) is 1.46. The molecule has 84 valence electrons. The Kier molecular flexibility index (Phi) is 2.89. The van der Waals surface area contributed by atoms with Crippen LogP contribution in [-0.2, 0) is 6.54 Å². The largest absolute Gasteiger partial charge is 0.321 e. The van der Waals surface area contributed by atoms with Crippen molar-refractivity contribution < 1.29 is 4.79 Å². The summed E-state index contributed by atoms with van der Waals surface area (Å²) in [5, 5.41) is 8.14. The molecule has 5 heteroatoms. The van der Waals surface area contributed by atoms with Crippen molar-refractivity contribution in [2.75, 3.05) is 0 Å². The minimum Gasteiger partial charge on any atom is -0.315 e. The number of benzene rings is 1. The molecular formula is C11H14N4O. The number of nitrogens with two attached hydrogens (primary N) is 1. The summed E-state index contributed by atoms with van der Waals surface area (Å²) in [5.41, 5.74) is 7.03. The molecule has 1 heterocycles. The normalized spacial score (nSPS) is 23.7. The van der Waals surface area contributed by atoms with Crippen molar-refractivity contribution in [3.8, 4) is 0 Å². The van der Waals surface area contributed by atoms with Gasteiger partial charge in [0.2, 0.25) is 0 Å².